The Hall–Kier alpha value is -4.40. The number of nitrogens with zero attached hydrogens (tertiary/aromatic N) is 2. The molecule has 0 saturated heterocycles. The van der Waals surface area contributed by atoms with Crippen LogP contribution in [0.25, 0.3) is 6.08 Å². The van der Waals surface area contributed by atoms with Crippen molar-refractivity contribution in [2.45, 2.75) is 59.3 Å². The highest BCUT2D eigenvalue weighted by atomic mass is 19.1. The van der Waals surface area contributed by atoms with Crippen LogP contribution >= 0.6 is 0 Å². The molecule has 204 valence electrons. The van der Waals surface area contributed by atoms with E-state index in [1.165, 1.54) is 29.0 Å². The molecule has 0 atom stereocenters. The van der Waals surface area contributed by atoms with E-state index >= 15 is 4.39 Å². The molecule has 0 amide bonds. The molecule has 0 N–H and O–H groups in total. The number of hydrogen-bond donors (Lipinski definition) is 0. The van der Waals surface area contributed by atoms with Crippen molar-refractivity contribution in [2.24, 2.45) is 0 Å². The number of halogens is 1. The Morgan fingerprint density at radius 2 is 1.51 bits per heavy atom. The molecule has 2 heterocycles. The van der Waals surface area contributed by atoms with Gasteiger partial charge in [-0.3, -0.25) is 9.36 Å². The van der Waals surface area contributed by atoms with Crippen molar-refractivity contribution < 1.29 is 33.0 Å². The summed E-state index contributed by atoms with van der Waals surface area (Å²) in [5.74, 6) is -2.14. The molecule has 39 heavy (non-hydrogen) atoms. The van der Waals surface area contributed by atoms with Crippen LogP contribution < -0.4 is 9.64 Å². The maximum atomic E-state index is 15.5. The quantitative estimate of drug-likeness (QED) is 0.203. The first kappa shape index (κ1) is 27.6. The monoisotopic (exact) mass is 534 g/mol. The number of benzene rings is 2. The van der Waals surface area contributed by atoms with Crippen LogP contribution in [0, 0.1) is 5.82 Å². The van der Waals surface area contributed by atoms with E-state index in [0.29, 0.717) is 11.3 Å². The summed E-state index contributed by atoms with van der Waals surface area (Å²) in [6.45, 7) is 10.4. The lowest BCUT2D eigenvalue weighted by molar-refractivity contribution is 0.0197. The summed E-state index contributed by atoms with van der Waals surface area (Å²) in [5.41, 5.74) is 0.0448. The lowest BCUT2D eigenvalue weighted by Gasteiger charge is -2.25. The van der Waals surface area contributed by atoms with Gasteiger partial charge in [0.25, 0.3) is 0 Å². The highest BCUT2D eigenvalue weighted by Crippen LogP contribution is 2.32. The summed E-state index contributed by atoms with van der Waals surface area (Å²) in [4.78, 5) is 40.8. The van der Waals surface area contributed by atoms with Crippen LogP contribution in [0.15, 0.2) is 60.9 Å². The molecule has 9 heteroatoms. The first-order valence-corrected chi connectivity index (χ1v) is 12.4. The Kier molecular flexibility index (Phi) is 7.37. The number of carbonyl (C=O) groups excluding carboxylic acids is 3. The molecule has 1 aromatic heterocycles. The van der Waals surface area contributed by atoms with Gasteiger partial charge in [0.05, 0.1) is 17.8 Å². The zero-order chi connectivity index (χ0) is 28.5. The zero-order valence-corrected chi connectivity index (χ0v) is 22.8. The Morgan fingerprint density at radius 3 is 2.15 bits per heavy atom. The molecule has 1 aliphatic heterocycles. The Morgan fingerprint density at radius 1 is 0.846 bits per heavy atom. The average Bonchev–Trinajstić information content (AvgIpc) is 3.22. The van der Waals surface area contributed by atoms with Gasteiger partial charge in [0, 0.05) is 29.2 Å². The van der Waals surface area contributed by atoms with E-state index in [9.17, 15) is 14.4 Å². The highest BCUT2D eigenvalue weighted by molar-refractivity contribution is 6.11. The van der Waals surface area contributed by atoms with Gasteiger partial charge in [-0.15, -0.1) is 0 Å². The molecule has 0 aliphatic carbocycles. The van der Waals surface area contributed by atoms with Crippen LogP contribution in [0.4, 0.5) is 19.7 Å². The molecular weight excluding hydrogens is 503 g/mol. The third-order valence-electron chi connectivity index (χ3n) is 5.61. The summed E-state index contributed by atoms with van der Waals surface area (Å²) in [6, 6.07) is 13.4. The van der Waals surface area contributed by atoms with Gasteiger partial charge >= 0.3 is 12.2 Å². The summed E-state index contributed by atoms with van der Waals surface area (Å²) in [5, 5.41) is 0. The molecule has 2 aromatic carbocycles. The molecule has 0 spiro atoms. The standard InChI is InChI=1S/C30H31FN2O6/c1-29(2,3)38-27(35)33-18-22(21-17-32(16-15-23(21)33)19-11-8-7-9-12-19)26(34)20-13-10-14-24(25(20)31)37-28(36)39-30(4,5)6/h7-16,18H,17H2,1-6H3. The number of ether oxygens (including phenoxy) is 3. The minimum Gasteiger partial charge on any atom is -0.443 e. The number of para-hydroxylation sites is 1. The van der Waals surface area contributed by atoms with E-state index in [1.54, 1.807) is 47.6 Å². The summed E-state index contributed by atoms with van der Waals surface area (Å²) < 4.78 is 32.4. The van der Waals surface area contributed by atoms with E-state index in [4.69, 9.17) is 14.2 Å². The van der Waals surface area contributed by atoms with Crippen molar-refractivity contribution in [3.63, 3.8) is 0 Å². The van der Waals surface area contributed by atoms with Crippen molar-refractivity contribution in [1.29, 1.82) is 0 Å². The SMILES string of the molecule is CC(C)(C)OC(=O)Oc1cccc(C(=O)c2cn(C(=O)OC(C)(C)C)c3c2CN(c2ccccc2)C=C3)c1F. The van der Waals surface area contributed by atoms with Gasteiger partial charge in [-0.25, -0.2) is 14.0 Å². The minimum absolute atomic E-state index is 0.120. The van der Waals surface area contributed by atoms with Crippen LogP contribution in [0.5, 0.6) is 5.75 Å². The minimum atomic E-state index is -1.09. The van der Waals surface area contributed by atoms with Crippen molar-refractivity contribution in [1.82, 2.24) is 4.57 Å². The number of aromatic nitrogens is 1. The summed E-state index contributed by atoms with van der Waals surface area (Å²) in [7, 11) is 0. The predicted octanol–water partition coefficient (Wildman–Crippen LogP) is 6.95. The number of hydrogen-bond acceptors (Lipinski definition) is 7. The second-order valence-corrected chi connectivity index (χ2v) is 11.0. The fraction of sp³-hybridized carbons (Fsp3) is 0.300. The van der Waals surface area contributed by atoms with E-state index in [2.05, 4.69) is 0 Å². The Balaban J connectivity index is 1.74. The van der Waals surface area contributed by atoms with E-state index in [0.717, 1.165) is 5.69 Å². The fourth-order valence-electron chi connectivity index (χ4n) is 4.02. The van der Waals surface area contributed by atoms with Crippen LogP contribution in [-0.4, -0.2) is 33.8 Å². The number of rotatable bonds is 4. The summed E-state index contributed by atoms with van der Waals surface area (Å²) >= 11 is 0. The van der Waals surface area contributed by atoms with Crippen LogP contribution in [0.2, 0.25) is 0 Å². The third kappa shape index (κ3) is 6.37. The summed E-state index contributed by atoms with van der Waals surface area (Å²) in [6.07, 6.45) is 3.12. The van der Waals surface area contributed by atoms with Crippen molar-refractivity contribution in [3.05, 3.63) is 89.1 Å². The van der Waals surface area contributed by atoms with E-state index in [-0.39, 0.29) is 17.7 Å². The van der Waals surface area contributed by atoms with Crippen molar-refractivity contribution in [2.75, 3.05) is 4.90 Å². The normalized spacial score (nSPS) is 13.1. The maximum absolute atomic E-state index is 15.5. The van der Waals surface area contributed by atoms with Crippen LogP contribution in [-0.2, 0) is 16.0 Å². The Bertz CT molecular complexity index is 1440. The molecule has 0 unspecified atom stereocenters. The van der Waals surface area contributed by atoms with Crippen LogP contribution in [0.3, 0.4) is 0 Å². The number of carbonyl (C=O) groups is 3. The molecule has 0 bridgehead atoms. The number of ketones is 1. The lowest BCUT2D eigenvalue weighted by atomic mass is 9.98. The van der Waals surface area contributed by atoms with Gasteiger partial charge in [0.15, 0.2) is 17.3 Å². The molecular formula is C30H31FN2O6. The topological polar surface area (TPSA) is 87.1 Å². The first-order valence-electron chi connectivity index (χ1n) is 12.4. The highest BCUT2D eigenvalue weighted by Gasteiger charge is 2.31. The van der Waals surface area contributed by atoms with Crippen molar-refractivity contribution in [3.8, 4) is 5.75 Å². The number of anilines is 1. The van der Waals surface area contributed by atoms with Gasteiger partial charge in [-0.2, -0.15) is 0 Å². The smallest absolute Gasteiger partial charge is 0.443 e. The van der Waals surface area contributed by atoms with Crippen LogP contribution in [0.1, 0.15) is 68.7 Å². The molecule has 0 radical (unpaired) electrons. The molecule has 0 saturated carbocycles. The average molecular weight is 535 g/mol. The second kappa shape index (κ2) is 10.4. The maximum Gasteiger partial charge on any atom is 0.514 e. The van der Waals surface area contributed by atoms with E-state index in [1.807, 2.05) is 41.4 Å². The third-order valence-corrected chi connectivity index (χ3v) is 5.61. The lowest BCUT2D eigenvalue weighted by Crippen LogP contribution is -2.28. The van der Waals surface area contributed by atoms with Gasteiger partial charge in [-0.1, -0.05) is 24.3 Å². The van der Waals surface area contributed by atoms with Gasteiger partial charge in [0.2, 0.25) is 0 Å². The molecule has 0 fully saturated rings. The second-order valence-electron chi connectivity index (χ2n) is 11.0. The fourth-order valence-corrected chi connectivity index (χ4v) is 4.02. The van der Waals surface area contributed by atoms with E-state index < -0.39 is 40.8 Å². The van der Waals surface area contributed by atoms with Gasteiger partial charge in [-0.05, 0) is 71.9 Å². The number of fused-ring (bicyclic) bond motifs is 1. The molecule has 3 aromatic rings. The Labute approximate surface area is 226 Å². The predicted molar refractivity (Wildman–Crippen MR) is 144 cm³/mol. The largest absolute Gasteiger partial charge is 0.514 e. The molecule has 8 nitrogen and oxygen atoms in total. The van der Waals surface area contributed by atoms with Crippen molar-refractivity contribution >= 4 is 29.8 Å². The molecule has 1 aliphatic rings. The van der Waals surface area contributed by atoms with Gasteiger partial charge < -0.3 is 19.1 Å². The van der Waals surface area contributed by atoms with Gasteiger partial charge in [0.1, 0.15) is 11.2 Å². The zero-order valence-electron chi connectivity index (χ0n) is 22.8. The molecule has 4 rings (SSSR count). The first-order chi connectivity index (χ1) is 18.2.